The van der Waals surface area contributed by atoms with Gasteiger partial charge in [-0.05, 0) is 12.3 Å². The number of hydrogen-bond acceptors (Lipinski definition) is 7. The van der Waals surface area contributed by atoms with Crippen LogP contribution in [-0.2, 0) is 4.79 Å². The topological polar surface area (TPSA) is 105 Å². The van der Waals surface area contributed by atoms with Crippen LogP contribution in [0.25, 0.3) is 10.8 Å². The molecule has 2 rings (SSSR count). The predicted octanol–water partition coefficient (Wildman–Crippen LogP) is 1.15. The first-order valence-corrected chi connectivity index (χ1v) is 8.14. The lowest BCUT2D eigenvalue weighted by Crippen LogP contribution is -2.42. The van der Waals surface area contributed by atoms with Crippen LogP contribution < -0.4 is 5.32 Å². The highest BCUT2D eigenvalue weighted by Crippen LogP contribution is 2.19. The largest absolute Gasteiger partial charge is 0.480 e. The van der Waals surface area contributed by atoms with Crippen molar-refractivity contribution in [2.45, 2.75) is 6.04 Å². The second kappa shape index (κ2) is 7.14. The van der Waals surface area contributed by atoms with Crippen molar-refractivity contribution in [3.63, 3.8) is 0 Å². The van der Waals surface area contributed by atoms with Crippen molar-refractivity contribution in [1.82, 2.24) is 20.3 Å². The monoisotopic (exact) mass is 324 g/mol. The van der Waals surface area contributed by atoms with Crippen molar-refractivity contribution in [3.05, 3.63) is 29.5 Å². The van der Waals surface area contributed by atoms with Gasteiger partial charge in [-0.1, -0.05) is 0 Å². The summed E-state index contributed by atoms with van der Waals surface area (Å²) in [6, 6.07) is 0.746. The lowest BCUT2D eigenvalue weighted by molar-refractivity contribution is -0.138. The number of rotatable bonds is 6. The summed E-state index contributed by atoms with van der Waals surface area (Å²) in [7, 11) is 0. The molecule has 0 saturated carbocycles. The van der Waals surface area contributed by atoms with Crippen molar-refractivity contribution < 1.29 is 14.7 Å². The minimum absolute atomic E-state index is 0.162. The first-order chi connectivity index (χ1) is 10.1. The van der Waals surface area contributed by atoms with E-state index in [-0.39, 0.29) is 5.69 Å². The zero-order chi connectivity index (χ0) is 15.2. The maximum atomic E-state index is 12.0. The number of carboxylic acid groups (broad SMARTS) is 1. The van der Waals surface area contributed by atoms with Gasteiger partial charge in [0.1, 0.15) is 11.7 Å². The molecule has 0 bridgehead atoms. The molecule has 2 aromatic rings. The van der Waals surface area contributed by atoms with Gasteiger partial charge >= 0.3 is 5.97 Å². The maximum absolute atomic E-state index is 12.0. The van der Waals surface area contributed by atoms with Gasteiger partial charge in [0.15, 0.2) is 10.8 Å². The Hall–Kier alpha value is -2.00. The molecule has 7 nitrogen and oxygen atoms in total. The Bertz CT molecular complexity index is 632. The van der Waals surface area contributed by atoms with Crippen molar-refractivity contribution in [1.29, 1.82) is 0 Å². The van der Waals surface area contributed by atoms with Crippen molar-refractivity contribution in [2.24, 2.45) is 0 Å². The van der Waals surface area contributed by atoms with Crippen molar-refractivity contribution in [2.75, 3.05) is 12.0 Å². The number of thiazole rings is 1. The molecule has 2 N–H and O–H groups in total. The second-order valence-corrected chi connectivity index (χ2v) is 5.70. The fraction of sp³-hybridized carbons (Fsp3) is 0.250. The van der Waals surface area contributed by atoms with Gasteiger partial charge in [0.25, 0.3) is 5.91 Å². The van der Waals surface area contributed by atoms with Gasteiger partial charge in [0.05, 0.1) is 0 Å². The number of carbonyl (C=O) groups excluding carboxylic acids is 1. The number of amides is 1. The fourth-order valence-electron chi connectivity index (χ4n) is 1.46. The Kier molecular flexibility index (Phi) is 5.23. The summed E-state index contributed by atoms with van der Waals surface area (Å²) >= 11 is 2.57. The molecule has 9 heteroatoms. The molecule has 110 valence electrons. The van der Waals surface area contributed by atoms with E-state index in [0.29, 0.717) is 16.6 Å². The summed E-state index contributed by atoms with van der Waals surface area (Å²) in [4.78, 5) is 35.2. The molecule has 0 saturated heterocycles. The molecule has 0 aliphatic carbocycles. The van der Waals surface area contributed by atoms with Gasteiger partial charge in [-0.15, -0.1) is 11.3 Å². The highest BCUT2D eigenvalue weighted by Gasteiger charge is 2.21. The summed E-state index contributed by atoms with van der Waals surface area (Å²) < 4.78 is 0. The molecule has 0 spiro atoms. The van der Waals surface area contributed by atoms with Crippen LogP contribution >= 0.6 is 23.1 Å². The number of thioether (sulfide) groups is 1. The molecule has 0 unspecified atom stereocenters. The lowest BCUT2D eigenvalue weighted by Gasteiger charge is -2.11. The third kappa shape index (κ3) is 3.99. The first-order valence-electron chi connectivity index (χ1n) is 5.87. The highest BCUT2D eigenvalue weighted by molar-refractivity contribution is 7.98. The Morgan fingerprint density at radius 2 is 2.14 bits per heavy atom. The van der Waals surface area contributed by atoms with Gasteiger partial charge in [-0.25, -0.2) is 19.7 Å². The molecule has 0 aliphatic heterocycles. The Balaban J connectivity index is 2.10. The first kappa shape index (κ1) is 15.4. The van der Waals surface area contributed by atoms with Crippen LogP contribution in [0.2, 0.25) is 0 Å². The quantitative estimate of drug-likeness (QED) is 0.821. The second-order valence-electron chi connectivity index (χ2n) is 3.93. The molecule has 2 heterocycles. The number of nitrogens with one attached hydrogen (secondary N) is 1. The molecule has 0 aliphatic rings. The number of nitrogens with zero attached hydrogens (tertiary/aromatic N) is 3. The summed E-state index contributed by atoms with van der Waals surface area (Å²) in [6.07, 6.45) is 4.95. The van der Waals surface area contributed by atoms with Gasteiger partial charge in [0.2, 0.25) is 0 Å². The summed E-state index contributed by atoms with van der Waals surface area (Å²) in [6.45, 7) is 0. The highest BCUT2D eigenvalue weighted by atomic mass is 32.2. The Labute approximate surface area is 128 Å². The summed E-state index contributed by atoms with van der Waals surface area (Å²) in [5.74, 6) is -0.866. The Morgan fingerprint density at radius 1 is 1.43 bits per heavy atom. The molecular weight excluding hydrogens is 312 g/mol. The molecule has 0 aromatic carbocycles. The standard InChI is InChI=1S/C12H12N4O3S2/c1-20-5-8(12(18)19)15-10(17)7-6-21-11(16-7)9-13-3-2-4-14-9/h2-4,6,8H,5H2,1H3,(H,15,17)(H,18,19)/t8-/m0/s1. The zero-order valence-corrected chi connectivity index (χ0v) is 12.6. The number of carbonyl (C=O) groups is 2. The van der Waals surface area contributed by atoms with E-state index in [1.165, 1.54) is 23.1 Å². The van der Waals surface area contributed by atoms with Crippen LogP contribution in [0.15, 0.2) is 23.8 Å². The fourth-order valence-corrected chi connectivity index (χ4v) is 2.77. The van der Waals surface area contributed by atoms with Gasteiger partial charge in [-0.2, -0.15) is 11.8 Å². The molecule has 0 radical (unpaired) electrons. The van der Waals surface area contributed by atoms with Crippen LogP contribution in [0.5, 0.6) is 0 Å². The van der Waals surface area contributed by atoms with Gasteiger partial charge in [0, 0.05) is 23.5 Å². The summed E-state index contributed by atoms with van der Waals surface area (Å²) in [5, 5.41) is 13.5. The van der Waals surface area contributed by atoms with E-state index in [1.807, 2.05) is 0 Å². The minimum atomic E-state index is -1.07. The number of aromatic nitrogens is 3. The van der Waals surface area contributed by atoms with Crippen LogP contribution in [-0.4, -0.2) is 50.0 Å². The molecule has 1 amide bonds. The average molecular weight is 324 g/mol. The zero-order valence-electron chi connectivity index (χ0n) is 11.0. The maximum Gasteiger partial charge on any atom is 0.327 e. The van der Waals surface area contributed by atoms with E-state index in [0.717, 1.165) is 0 Å². The summed E-state index contributed by atoms with van der Waals surface area (Å²) in [5.41, 5.74) is 0.162. The smallest absolute Gasteiger partial charge is 0.327 e. The van der Waals surface area contributed by atoms with E-state index in [4.69, 9.17) is 5.11 Å². The average Bonchev–Trinajstić information content (AvgIpc) is 2.97. The third-order valence-corrected chi connectivity index (χ3v) is 3.94. The number of hydrogen-bond donors (Lipinski definition) is 2. The van der Waals surface area contributed by atoms with Gasteiger partial charge in [-0.3, -0.25) is 4.79 Å². The van der Waals surface area contributed by atoms with E-state index < -0.39 is 17.9 Å². The molecule has 21 heavy (non-hydrogen) atoms. The predicted molar refractivity (Wildman–Crippen MR) is 80.4 cm³/mol. The molecule has 1 atom stereocenters. The van der Waals surface area contributed by atoms with Crippen LogP contribution in [0, 0.1) is 0 Å². The number of carboxylic acids is 1. The van der Waals surface area contributed by atoms with Crippen molar-refractivity contribution >= 4 is 35.0 Å². The SMILES string of the molecule is CSC[C@H](NC(=O)c1csc(-c2ncccn2)n1)C(=O)O. The van der Waals surface area contributed by atoms with Gasteiger partial charge < -0.3 is 10.4 Å². The van der Waals surface area contributed by atoms with Crippen LogP contribution in [0.4, 0.5) is 0 Å². The van der Waals surface area contributed by atoms with Crippen molar-refractivity contribution in [3.8, 4) is 10.8 Å². The Morgan fingerprint density at radius 3 is 2.76 bits per heavy atom. The lowest BCUT2D eigenvalue weighted by atomic mass is 10.3. The normalized spacial score (nSPS) is 11.9. The van der Waals surface area contributed by atoms with E-state index in [2.05, 4.69) is 20.3 Å². The molecular formula is C12H12N4O3S2. The minimum Gasteiger partial charge on any atom is -0.480 e. The van der Waals surface area contributed by atoms with E-state index in [1.54, 1.807) is 30.1 Å². The number of aliphatic carboxylic acids is 1. The van der Waals surface area contributed by atoms with E-state index >= 15 is 0 Å². The van der Waals surface area contributed by atoms with Crippen LogP contribution in [0.1, 0.15) is 10.5 Å². The molecule has 0 fully saturated rings. The third-order valence-electron chi connectivity index (χ3n) is 2.43. The van der Waals surface area contributed by atoms with E-state index in [9.17, 15) is 9.59 Å². The molecule has 2 aromatic heterocycles. The van der Waals surface area contributed by atoms with Crippen LogP contribution in [0.3, 0.4) is 0 Å².